The molecule has 1 N–H and O–H groups in total. The van der Waals surface area contributed by atoms with E-state index >= 15 is 0 Å². The van der Waals surface area contributed by atoms with Crippen molar-refractivity contribution in [3.8, 4) is 11.1 Å². The van der Waals surface area contributed by atoms with E-state index in [9.17, 15) is 4.39 Å². The highest BCUT2D eigenvalue weighted by atomic mass is 35.5. The molecule has 0 aliphatic carbocycles. The lowest BCUT2D eigenvalue weighted by Gasteiger charge is -2.06. The highest BCUT2D eigenvalue weighted by molar-refractivity contribution is 6.30. The van der Waals surface area contributed by atoms with Crippen LogP contribution in [0.25, 0.3) is 11.1 Å². The van der Waals surface area contributed by atoms with Gasteiger partial charge in [0.05, 0.1) is 0 Å². The summed E-state index contributed by atoms with van der Waals surface area (Å²) in [5.41, 5.74) is 2.28. The topological polar surface area (TPSA) is 24.9 Å². The van der Waals surface area contributed by atoms with E-state index in [1.165, 1.54) is 6.07 Å². The van der Waals surface area contributed by atoms with Crippen LogP contribution in [0.1, 0.15) is 5.56 Å². The van der Waals surface area contributed by atoms with Crippen molar-refractivity contribution >= 4 is 11.6 Å². The Morgan fingerprint density at radius 1 is 1.29 bits per heavy atom. The molecule has 0 saturated heterocycles. The summed E-state index contributed by atoms with van der Waals surface area (Å²) in [5.74, 6) is -0.332. The van der Waals surface area contributed by atoms with Crippen molar-refractivity contribution in [2.24, 2.45) is 0 Å². The van der Waals surface area contributed by atoms with Gasteiger partial charge in [-0.05, 0) is 36.9 Å². The van der Waals surface area contributed by atoms with Gasteiger partial charge in [-0.3, -0.25) is 4.98 Å². The minimum Gasteiger partial charge on any atom is -0.316 e. The van der Waals surface area contributed by atoms with E-state index in [1.54, 1.807) is 24.5 Å². The third kappa shape index (κ3) is 2.81. The van der Waals surface area contributed by atoms with Crippen molar-refractivity contribution in [2.75, 3.05) is 7.05 Å². The van der Waals surface area contributed by atoms with Gasteiger partial charge in [0.1, 0.15) is 5.82 Å². The predicted molar refractivity (Wildman–Crippen MR) is 67.4 cm³/mol. The number of aromatic nitrogens is 1. The number of nitrogens with one attached hydrogen (secondary N) is 1. The third-order valence-corrected chi connectivity index (χ3v) is 2.65. The molecule has 1 aromatic heterocycles. The first kappa shape index (κ1) is 12.0. The van der Waals surface area contributed by atoms with Crippen molar-refractivity contribution in [1.29, 1.82) is 0 Å². The summed E-state index contributed by atoms with van der Waals surface area (Å²) < 4.78 is 13.7. The fourth-order valence-corrected chi connectivity index (χ4v) is 1.82. The Bertz CT molecular complexity index is 529. The summed E-state index contributed by atoms with van der Waals surface area (Å²) in [6, 6.07) is 6.56. The zero-order valence-corrected chi connectivity index (χ0v) is 10.1. The molecule has 0 spiro atoms. The highest BCUT2D eigenvalue weighted by Crippen LogP contribution is 2.25. The van der Waals surface area contributed by atoms with Crippen molar-refractivity contribution in [2.45, 2.75) is 6.54 Å². The minimum absolute atomic E-state index is 0.332. The molecule has 2 rings (SSSR count). The van der Waals surface area contributed by atoms with Gasteiger partial charge in [-0.2, -0.15) is 0 Å². The Morgan fingerprint density at radius 2 is 2.12 bits per heavy atom. The molecule has 0 radical (unpaired) electrons. The number of benzene rings is 1. The molecule has 0 amide bonds. The first-order chi connectivity index (χ1) is 8.20. The van der Waals surface area contributed by atoms with Crippen molar-refractivity contribution < 1.29 is 4.39 Å². The van der Waals surface area contributed by atoms with E-state index in [0.29, 0.717) is 17.1 Å². The van der Waals surface area contributed by atoms with Gasteiger partial charge in [0.15, 0.2) is 0 Å². The Morgan fingerprint density at radius 3 is 2.82 bits per heavy atom. The van der Waals surface area contributed by atoms with Gasteiger partial charge in [-0.25, -0.2) is 4.39 Å². The average Bonchev–Trinajstić information content (AvgIpc) is 2.29. The van der Waals surface area contributed by atoms with Crippen LogP contribution in [0.4, 0.5) is 4.39 Å². The molecule has 1 aromatic carbocycles. The molecule has 2 nitrogen and oxygen atoms in total. The summed E-state index contributed by atoms with van der Waals surface area (Å²) in [6.07, 6.45) is 3.40. The molecule has 88 valence electrons. The van der Waals surface area contributed by atoms with Crippen LogP contribution in [0.5, 0.6) is 0 Å². The molecule has 0 aliphatic rings. The Kier molecular flexibility index (Phi) is 3.71. The molecule has 0 aliphatic heterocycles. The zero-order chi connectivity index (χ0) is 12.3. The second kappa shape index (κ2) is 5.25. The second-order valence-corrected chi connectivity index (χ2v) is 4.17. The van der Waals surface area contributed by atoms with Gasteiger partial charge in [-0.1, -0.05) is 11.6 Å². The van der Waals surface area contributed by atoms with E-state index in [2.05, 4.69) is 10.3 Å². The number of rotatable bonds is 3. The van der Waals surface area contributed by atoms with Gasteiger partial charge in [0.25, 0.3) is 0 Å². The van der Waals surface area contributed by atoms with Crippen molar-refractivity contribution in [1.82, 2.24) is 10.3 Å². The third-order valence-electron chi connectivity index (χ3n) is 2.42. The summed E-state index contributed by atoms with van der Waals surface area (Å²) in [4.78, 5) is 4.10. The van der Waals surface area contributed by atoms with Gasteiger partial charge >= 0.3 is 0 Å². The van der Waals surface area contributed by atoms with Crippen LogP contribution >= 0.6 is 11.6 Å². The SMILES string of the molecule is CNCc1cncc(-c2ccc(Cl)cc2F)c1. The summed E-state index contributed by atoms with van der Waals surface area (Å²) in [5, 5.41) is 3.43. The van der Waals surface area contributed by atoms with Crippen LogP contribution in [0.2, 0.25) is 5.02 Å². The van der Waals surface area contributed by atoms with Gasteiger partial charge in [0, 0.05) is 35.1 Å². The quantitative estimate of drug-likeness (QED) is 0.905. The Hall–Kier alpha value is -1.45. The molecule has 0 bridgehead atoms. The summed E-state index contributed by atoms with van der Waals surface area (Å²) in [6.45, 7) is 0.704. The van der Waals surface area contributed by atoms with Gasteiger partial charge < -0.3 is 5.32 Å². The van der Waals surface area contributed by atoms with Crippen molar-refractivity contribution in [3.63, 3.8) is 0 Å². The van der Waals surface area contributed by atoms with Crippen molar-refractivity contribution in [3.05, 3.63) is 53.1 Å². The lowest BCUT2D eigenvalue weighted by atomic mass is 10.1. The maximum atomic E-state index is 13.7. The van der Waals surface area contributed by atoms with E-state index in [-0.39, 0.29) is 5.82 Å². The number of halogens is 2. The summed E-state index contributed by atoms with van der Waals surface area (Å²) >= 11 is 5.72. The number of pyridine rings is 1. The average molecular weight is 251 g/mol. The van der Waals surface area contributed by atoms with E-state index in [0.717, 1.165) is 11.1 Å². The lowest BCUT2D eigenvalue weighted by Crippen LogP contribution is -2.05. The number of nitrogens with zero attached hydrogens (tertiary/aromatic N) is 1. The van der Waals surface area contributed by atoms with Crippen LogP contribution in [0.15, 0.2) is 36.7 Å². The lowest BCUT2D eigenvalue weighted by molar-refractivity contribution is 0.631. The molecule has 0 saturated carbocycles. The number of hydrogen-bond acceptors (Lipinski definition) is 2. The fourth-order valence-electron chi connectivity index (χ4n) is 1.66. The largest absolute Gasteiger partial charge is 0.316 e. The van der Waals surface area contributed by atoms with E-state index in [1.807, 2.05) is 13.1 Å². The molecule has 0 atom stereocenters. The summed E-state index contributed by atoms with van der Waals surface area (Å²) in [7, 11) is 1.86. The molecular formula is C13H12ClFN2. The Balaban J connectivity index is 2.42. The van der Waals surface area contributed by atoms with E-state index in [4.69, 9.17) is 11.6 Å². The van der Waals surface area contributed by atoms with Crippen LogP contribution < -0.4 is 5.32 Å². The maximum Gasteiger partial charge on any atom is 0.132 e. The van der Waals surface area contributed by atoms with Crippen LogP contribution in [-0.4, -0.2) is 12.0 Å². The molecule has 4 heteroatoms. The maximum absolute atomic E-state index is 13.7. The second-order valence-electron chi connectivity index (χ2n) is 3.74. The fraction of sp³-hybridized carbons (Fsp3) is 0.154. The highest BCUT2D eigenvalue weighted by Gasteiger charge is 2.06. The molecule has 0 unspecified atom stereocenters. The van der Waals surface area contributed by atoms with Crippen LogP contribution in [0, 0.1) is 5.82 Å². The van der Waals surface area contributed by atoms with Gasteiger partial charge in [0.2, 0.25) is 0 Å². The predicted octanol–water partition coefficient (Wildman–Crippen LogP) is 3.26. The van der Waals surface area contributed by atoms with E-state index < -0.39 is 0 Å². The number of hydrogen-bond donors (Lipinski definition) is 1. The first-order valence-electron chi connectivity index (χ1n) is 5.24. The first-order valence-corrected chi connectivity index (χ1v) is 5.62. The van der Waals surface area contributed by atoms with Crippen LogP contribution in [-0.2, 0) is 6.54 Å². The minimum atomic E-state index is -0.332. The van der Waals surface area contributed by atoms with Gasteiger partial charge in [-0.15, -0.1) is 0 Å². The normalized spacial score (nSPS) is 10.5. The molecule has 17 heavy (non-hydrogen) atoms. The standard InChI is InChI=1S/C13H12ClFN2/c1-16-6-9-4-10(8-17-7-9)12-3-2-11(14)5-13(12)15/h2-5,7-8,16H,6H2,1H3. The Labute approximate surface area is 104 Å². The monoisotopic (exact) mass is 250 g/mol. The smallest absolute Gasteiger partial charge is 0.132 e. The zero-order valence-electron chi connectivity index (χ0n) is 9.37. The molecule has 1 heterocycles. The molecular weight excluding hydrogens is 239 g/mol. The van der Waals surface area contributed by atoms with Crippen LogP contribution in [0.3, 0.4) is 0 Å². The molecule has 2 aromatic rings. The molecule has 0 fully saturated rings.